The highest BCUT2D eigenvalue weighted by Gasteiger charge is 2.50. The highest BCUT2D eigenvalue weighted by Crippen LogP contribution is 2.39. The summed E-state index contributed by atoms with van der Waals surface area (Å²) in [5.41, 5.74) is 1.52. The number of benzene rings is 3. The standard InChI is InChI=1S/C31H31N3O5/c1-22-19-23(2)33-30(32-22)39-28(29(36)37)31(25-15-9-5-10-16-25,26-17-11-6-12-18-26)38-21-27(35)34(3)20-24-13-7-4-8-14-24/h4-19,28H,20-21H2,1-3H3,(H,36,37)/t28-/m1/s1. The average molecular weight is 526 g/mol. The van der Waals surface area contributed by atoms with Crippen LogP contribution in [-0.2, 0) is 26.5 Å². The number of aromatic nitrogens is 2. The predicted octanol–water partition coefficient (Wildman–Crippen LogP) is 4.54. The number of ether oxygens (including phenoxy) is 2. The summed E-state index contributed by atoms with van der Waals surface area (Å²) in [6.07, 6.45) is -1.63. The van der Waals surface area contributed by atoms with Gasteiger partial charge in [0.2, 0.25) is 12.0 Å². The Kier molecular flexibility index (Phi) is 8.68. The van der Waals surface area contributed by atoms with E-state index in [9.17, 15) is 14.7 Å². The number of rotatable bonds is 11. The van der Waals surface area contributed by atoms with Gasteiger partial charge in [0.25, 0.3) is 0 Å². The number of carbonyl (C=O) groups excluding carboxylic acids is 1. The highest BCUT2D eigenvalue weighted by atomic mass is 16.6. The van der Waals surface area contributed by atoms with Gasteiger partial charge >= 0.3 is 12.0 Å². The molecule has 0 spiro atoms. The largest absolute Gasteiger partial charge is 0.478 e. The van der Waals surface area contributed by atoms with E-state index >= 15 is 0 Å². The van der Waals surface area contributed by atoms with Gasteiger partial charge in [0.15, 0.2) is 5.60 Å². The summed E-state index contributed by atoms with van der Waals surface area (Å²) in [4.78, 5) is 36.4. The minimum atomic E-state index is -1.71. The van der Waals surface area contributed by atoms with Crippen LogP contribution < -0.4 is 4.74 Å². The Morgan fingerprint density at radius 2 is 1.33 bits per heavy atom. The second kappa shape index (κ2) is 12.3. The molecule has 3 aromatic carbocycles. The Hall–Kier alpha value is -4.56. The summed E-state index contributed by atoms with van der Waals surface area (Å²) in [6, 6.07) is 29.1. The van der Waals surface area contributed by atoms with Crippen molar-refractivity contribution >= 4 is 11.9 Å². The number of hydrogen-bond acceptors (Lipinski definition) is 6. The number of amides is 1. The lowest BCUT2D eigenvalue weighted by Crippen LogP contribution is -2.52. The molecule has 4 aromatic rings. The fraction of sp³-hybridized carbons (Fsp3) is 0.226. The monoisotopic (exact) mass is 525 g/mol. The van der Waals surface area contributed by atoms with Gasteiger partial charge in [-0.1, -0.05) is 91.0 Å². The lowest BCUT2D eigenvalue weighted by Gasteiger charge is -2.39. The molecule has 0 unspecified atom stereocenters. The van der Waals surface area contributed by atoms with E-state index in [1.54, 1.807) is 80.4 Å². The molecular formula is C31H31N3O5. The minimum Gasteiger partial charge on any atom is -0.478 e. The van der Waals surface area contributed by atoms with Crippen molar-refractivity contribution in [3.63, 3.8) is 0 Å². The van der Waals surface area contributed by atoms with E-state index in [2.05, 4.69) is 9.97 Å². The molecule has 1 N–H and O–H groups in total. The van der Waals surface area contributed by atoms with Crippen LogP contribution in [0.1, 0.15) is 28.1 Å². The van der Waals surface area contributed by atoms with Crippen molar-refractivity contribution in [2.75, 3.05) is 13.7 Å². The zero-order valence-electron chi connectivity index (χ0n) is 22.2. The lowest BCUT2D eigenvalue weighted by molar-refractivity contribution is -0.169. The molecule has 1 heterocycles. The van der Waals surface area contributed by atoms with Crippen LogP contribution in [0.3, 0.4) is 0 Å². The maximum atomic E-state index is 13.3. The van der Waals surface area contributed by atoms with Crippen molar-refractivity contribution < 1.29 is 24.2 Å². The van der Waals surface area contributed by atoms with Crippen molar-refractivity contribution in [2.45, 2.75) is 32.1 Å². The number of hydrogen-bond donors (Lipinski definition) is 1. The molecule has 8 nitrogen and oxygen atoms in total. The number of aryl methyl sites for hydroxylation is 2. The van der Waals surface area contributed by atoms with Crippen molar-refractivity contribution in [2.24, 2.45) is 0 Å². The fourth-order valence-corrected chi connectivity index (χ4v) is 4.47. The van der Waals surface area contributed by atoms with Gasteiger partial charge in [0.1, 0.15) is 6.61 Å². The Morgan fingerprint density at radius 3 is 1.82 bits per heavy atom. The van der Waals surface area contributed by atoms with E-state index in [-0.39, 0.29) is 11.9 Å². The van der Waals surface area contributed by atoms with Gasteiger partial charge in [-0.2, -0.15) is 0 Å². The first-order chi connectivity index (χ1) is 18.8. The van der Waals surface area contributed by atoms with Gasteiger partial charge in [-0.25, -0.2) is 14.8 Å². The van der Waals surface area contributed by atoms with Crippen LogP contribution in [0, 0.1) is 13.8 Å². The smallest absolute Gasteiger partial charge is 0.348 e. The zero-order valence-corrected chi connectivity index (χ0v) is 22.2. The number of carboxylic acid groups (broad SMARTS) is 1. The molecule has 0 bridgehead atoms. The van der Waals surface area contributed by atoms with E-state index in [0.717, 1.165) is 5.56 Å². The van der Waals surface area contributed by atoms with Gasteiger partial charge in [-0.05, 0) is 36.6 Å². The van der Waals surface area contributed by atoms with Crippen LogP contribution in [-0.4, -0.2) is 51.6 Å². The number of likely N-dealkylation sites (N-methyl/N-ethyl adjacent to an activating group) is 1. The third-order valence-electron chi connectivity index (χ3n) is 6.30. The molecule has 1 atom stereocenters. The zero-order chi connectivity index (χ0) is 27.8. The quantitative estimate of drug-likeness (QED) is 0.307. The molecular weight excluding hydrogens is 494 g/mol. The Labute approximate surface area is 227 Å². The number of nitrogens with zero attached hydrogens (tertiary/aromatic N) is 3. The van der Waals surface area contributed by atoms with Crippen molar-refractivity contribution in [1.82, 2.24) is 14.9 Å². The van der Waals surface area contributed by atoms with E-state index in [4.69, 9.17) is 9.47 Å². The Balaban J connectivity index is 1.77. The second-order valence-electron chi connectivity index (χ2n) is 9.26. The summed E-state index contributed by atoms with van der Waals surface area (Å²) < 4.78 is 12.5. The Morgan fingerprint density at radius 1 is 0.846 bits per heavy atom. The van der Waals surface area contributed by atoms with Gasteiger partial charge in [0, 0.05) is 25.0 Å². The first kappa shape index (κ1) is 27.5. The number of carbonyl (C=O) groups is 2. The van der Waals surface area contributed by atoms with Gasteiger partial charge in [-0.3, -0.25) is 4.79 Å². The normalized spacial score (nSPS) is 12.0. The van der Waals surface area contributed by atoms with Crippen LogP contribution in [0.4, 0.5) is 0 Å². The van der Waals surface area contributed by atoms with Crippen LogP contribution >= 0.6 is 0 Å². The summed E-state index contributed by atoms with van der Waals surface area (Å²) in [5.74, 6) is -1.61. The highest BCUT2D eigenvalue weighted by molar-refractivity contribution is 5.78. The second-order valence-corrected chi connectivity index (χ2v) is 9.26. The summed E-state index contributed by atoms with van der Waals surface area (Å²) >= 11 is 0. The minimum absolute atomic E-state index is 0.0905. The predicted molar refractivity (Wildman–Crippen MR) is 146 cm³/mol. The van der Waals surface area contributed by atoms with Crippen LogP contribution in [0.2, 0.25) is 0 Å². The maximum Gasteiger partial charge on any atom is 0.348 e. The average Bonchev–Trinajstić information content (AvgIpc) is 2.93. The molecule has 0 aliphatic heterocycles. The van der Waals surface area contributed by atoms with Crippen molar-refractivity contribution in [3.8, 4) is 6.01 Å². The number of aliphatic carboxylic acids is 1. The van der Waals surface area contributed by atoms with Crippen molar-refractivity contribution in [3.05, 3.63) is 125 Å². The van der Waals surface area contributed by atoms with Crippen LogP contribution in [0.5, 0.6) is 6.01 Å². The molecule has 200 valence electrons. The maximum absolute atomic E-state index is 13.3. The topological polar surface area (TPSA) is 102 Å². The molecule has 0 saturated carbocycles. The molecule has 39 heavy (non-hydrogen) atoms. The van der Waals surface area contributed by atoms with E-state index in [1.165, 1.54) is 0 Å². The number of carboxylic acids is 1. The first-order valence-electron chi connectivity index (χ1n) is 12.5. The van der Waals surface area contributed by atoms with E-state index < -0.39 is 24.3 Å². The first-order valence-corrected chi connectivity index (χ1v) is 12.5. The Bertz CT molecular complexity index is 1340. The van der Waals surface area contributed by atoms with E-state index in [0.29, 0.717) is 29.1 Å². The van der Waals surface area contributed by atoms with Gasteiger partial charge in [-0.15, -0.1) is 0 Å². The van der Waals surface area contributed by atoms with Crippen LogP contribution in [0.15, 0.2) is 97.1 Å². The molecule has 1 amide bonds. The molecule has 0 aliphatic carbocycles. The fourth-order valence-electron chi connectivity index (χ4n) is 4.47. The summed E-state index contributed by atoms with van der Waals surface area (Å²) in [7, 11) is 1.68. The summed E-state index contributed by atoms with van der Waals surface area (Å²) in [6.45, 7) is 3.53. The molecule has 0 radical (unpaired) electrons. The molecule has 0 fully saturated rings. The third kappa shape index (κ3) is 6.48. The third-order valence-corrected chi connectivity index (χ3v) is 6.30. The summed E-state index contributed by atoms with van der Waals surface area (Å²) in [5, 5.41) is 10.5. The molecule has 8 heteroatoms. The molecule has 0 saturated heterocycles. The van der Waals surface area contributed by atoms with Crippen molar-refractivity contribution in [1.29, 1.82) is 0 Å². The van der Waals surface area contributed by atoms with Gasteiger partial charge in [0.05, 0.1) is 0 Å². The molecule has 0 aliphatic rings. The lowest BCUT2D eigenvalue weighted by atomic mass is 9.81. The molecule has 1 aromatic heterocycles. The van der Waals surface area contributed by atoms with E-state index in [1.807, 2.05) is 42.5 Å². The SMILES string of the molecule is Cc1cc(C)nc(O[C@H](C(=O)O)C(OCC(=O)N(C)Cc2ccccc2)(c2ccccc2)c2ccccc2)n1. The molecule has 4 rings (SSSR count). The van der Waals surface area contributed by atoms with Crippen LogP contribution in [0.25, 0.3) is 0 Å². The van der Waals surface area contributed by atoms with Gasteiger partial charge < -0.3 is 19.5 Å².